The van der Waals surface area contributed by atoms with Crippen molar-refractivity contribution in [2.24, 2.45) is 11.7 Å². The van der Waals surface area contributed by atoms with Crippen LogP contribution in [0.25, 0.3) is 0 Å². The Kier molecular flexibility index (Phi) is 3.73. The number of amides is 1. The summed E-state index contributed by atoms with van der Waals surface area (Å²) in [6, 6.07) is 0. The number of carbonyl (C=O) groups excluding carboxylic acids is 1. The van der Waals surface area contributed by atoms with Crippen molar-refractivity contribution in [3.8, 4) is 0 Å². The first kappa shape index (κ1) is 12.0. The van der Waals surface area contributed by atoms with E-state index < -0.39 is 18.0 Å². The molecule has 2 N–H and O–H groups in total. The van der Waals surface area contributed by atoms with E-state index in [1.165, 1.54) is 12.2 Å². The summed E-state index contributed by atoms with van der Waals surface area (Å²) in [4.78, 5) is 12.0. The predicted molar refractivity (Wildman–Crippen MR) is 48.9 cm³/mol. The largest absolute Gasteiger partial charge is 0.393 e. The number of primary amides is 1. The van der Waals surface area contributed by atoms with Gasteiger partial charge in [0.2, 0.25) is 5.91 Å². The topological polar surface area (TPSA) is 46.3 Å². The van der Waals surface area contributed by atoms with Crippen LogP contribution in [0.2, 0.25) is 0 Å². The van der Waals surface area contributed by atoms with Gasteiger partial charge in [-0.15, -0.1) is 0 Å². The van der Waals surface area contributed by atoms with Crippen LogP contribution >= 0.6 is 0 Å². The molecule has 1 aliphatic heterocycles. The number of rotatable bonds is 3. The predicted octanol–water partition coefficient (Wildman–Crippen LogP) is 0.912. The number of halogens is 3. The molecule has 0 radical (unpaired) electrons. The summed E-state index contributed by atoms with van der Waals surface area (Å²) in [5.74, 6) is -1.82. The maximum Gasteiger partial charge on any atom is 0.393 e. The van der Waals surface area contributed by atoms with E-state index in [9.17, 15) is 18.0 Å². The van der Waals surface area contributed by atoms with E-state index in [-0.39, 0.29) is 13.0 Å². The maximum atomic E-state index is 12.3. The number of nitrogens with two attached hydrogens (primary N) is 1. The van der Waals surface area contributed by atoms with E-state index in [0.29, 0.717) is 13.1 Å². The fourth-order valence-corrected chi connectivity index (χ4v) is 1.58. The Bertz CT molecular complexity index is 263. The van der Waals surface area contributed by atoms with Crippen LogP contribution < -0.4 is 5.73 Å². The SMILES string of the molecule is NC(=O)C=CCN1CC[C@H](C(F)(F)F)C1. The van der Waals surface area contributed by atoms with Crippen LogP contribution in [0.5, 0.6) is 0 Å². The number of likely N-dealkylation sites (tertiary alicyclic amines) is 1. The Morgan fingerprint density at radius 3 is 2.67 bits per heavy atom. The zero-order chi connectivity index (χ0) is 11.5. The lowest BCUT2D eigenvalue weighted by atomic mass is 10.1. The summed E-state index contributed by atoms with van der Waals surface area (Å²) in [7, 11) is 0. The highest BCUT2D eigenvalue weighted by Gasteiger charge is 2.43. The molecule has 0 aromatic carbocycles. The van der Waals surface area contributed by atoms with Crippen molar-refractivity contribution in [3.05, 3.63) is 12.2 Å². The fraction of sp³-hybridized carbons (Fsp3) is 0.667. The molecule has 0 unspecified atom stereocenters. The van der Waals surface area contributed by atoms with E-state index >= 15 is 0 Å². The molecule has 1 saturated heterocycles. The average Bonchev–Trinajstić information content (AvgIpc) is 2.51. The van der Waals surface area contributed by atoms with Crippen LogP contribution in [0.1, 0.15) is 6.42 Å². The van der Waals surface area contributed by atoms with Crippen LogP contribution in [-0.4, -0.2) is 36.6 Å². The van der Waals surface area contributed by atoms with Crippen LogP contribution in [0.4, 0.5) is 13.2 Å². The molecule has 1 amide bonds. The molecule has 1 aliphatic rings. The van der Waals surface area contributed by atoms with Crippen LogP contribution in [0.15, 0.2) is 12.2 Å². The number of hydrogen-bond acceptors (Lipinski definition) is 2. The van der Waals surface area contributed by atoms with Crippen molar-refractivity contribution in [3.63, 3.8) is 0 Å². The number of nitrogens with zero attached hydrogens (tertiary/aromatic N) is 1. The first-order valence-electron chi connectivity index (χ1n) is 4.64. The van der Waals surface area contributed by atoms with Gasteiger partial charge in [-0.25, -0.2) is 0 Å². The average molecular weight is 222 g/mol. The quantitative estimate of drug-likeness (QED) is 0.721. The highest BCUT2D eigenvalue weighted by atomic mass is 19.4. The van der Waals surface area contributed by atoms with E-state index in [4.69, 9.17) is 5.73 Å². The van der Waals surface area contributed by atoms with Gasteiger partial charge in [0, 0.05) is 13.1 Å². The van der Waals surface area contributed by atoms with Crippen molar-refractivity contribution in [2.45, 2.75) is 12.6 Å². The minimum Gasteiger partial charge on any atom is -0.366 e. The lowest BCUT2D eigenvalue weighted by Crippen LogP contribution is -2.27. The Morgan fingerprint density at radius 2 is 2.20 bits per heavy atom. The van der Waals surface area contributed by atoms with Gasteiger partial charge in [0.05, 0.1) is 5.92 Å². The third kappa shape index (κ3) is 3.91. The van der Waals surface area contributed by atoms with Crippen molar-refractivity contribution in [1.29, 1.82) is 0 Å². The zero-order valence-electron chi connectivity index (χ0n) is 8.13. The minimum atomic E-state index is -4.11. The molecule has 0 aromatic rings. The Morgan fingerprint density at radius 1 is 1.53 bits per heavy atom. The van der Waals surface area contributed by atoms with Crippen molar-refractivity contribution < 1.29 is 18.0 Å². The molecule has 0 aliphatic carbocycles. The normalized spacial score (nSPS) is 23.8. The van der Waals surface area contributed by atoms with Gasteiger partial charge < -0.3 is 5.73 Å². The van der Waals surface area contributed by atoms with E-state index in [0.717, 1.165) is 0 Å². The summed E-state index contributed by atoms with van der Waals surface area (Å²) in [5, 5.41) is 0. The molecular formula is C9H13F3N2O. The highest BCUT2D eigenvalue weighted by Crippen LogP contribution is 2.33. The molecule has 0 saturated carbocycles. The molecule has 0 spiro atoms. The monoisotopic (exact) mass is 222 g/mol. The first-order chi connectivity index (χ1) is 6.89. The molecule has 15 heavy (non-hydrogen) atoms. The summed E-state index contributed by atoms with van der Waals surface area (Å²) in [6.07, 6.45) is -1.32. The molecule has 6 heteroatoms. The van der Waals surface area contributed by atoms with Gasteiger partial charge >= 0.3 is 6.18 Å². The third-order valence-electron chi connectivity index (χ3n) is 2.38. The van der Waals surface area contributed by atoms with Gasteiger partial charge in [0.25, 0.3) is 0 Å². The van der Waals surface area contributed by atoms with Crippen molar-refractivity contribution in [2.75, 3.05) is 19.6 Å². The number of alkyl halides is 3. The summed E-state index contributed by atoms with van der Waals surface area (Å²) in [5.41, 5.74) is 4.85. The van der Waals surface area contributed by atoms with Gasteiger partial charge in [0.1, 0.15) is 0 Å². The van der Waals surface area contributed by atoms with E-state index in [2.05, 4.69) is 0 Å². The first-order valence-corrected chi connectivity index (χ1v) is 4.64. The summed E-state index contributed by atoms with van der Waals surface area (Å²) < 4.78 is 36.8. The Balaban J connectivity index is 2.34. The van der Waals surface area contributed by atoms with Gasteiger partial charge in [-0.2, -0.15) is 13.2 Å². The van der Waals surface area contributed by atoms with Gasteiger partial charge in [-0.1, -0.05) is 6.08 Å². The molecule has 1 heterocycles. The van der Waals surface area contributed by atoms with Crippen molar-refractivity contribution >= 4 is 5.91 Å². The van der Waals surface area contributed by atoms with Gasteiger partial charge in [-0.05, 0) is 19.0 Å². The third-order valence-corrected chi connectivity index (χ3v) is 2.38. The zero-order valence-corrected chi connectivity index (χ0v) is 8.13. The maximum absolute atomic E-state index is 12.3. The Labute approximate surface area is 85.7 Å². The minimum absolute atomic E-state index is 0.00655. The lowest BCUT2D eigenvalue weighted by molar-refractivity contribution is -0.170. The fourth-order valence-electron chi connectivity index (χ4n) is 1.58. The molecule has 1 rings (SSSR count). The second-order valence-corrected chi connectivity index (χ2v) is 3.59. The van der Waals surface area contributed by atoms with Gasteiger partial charge in [-0.3, -0.25) is 9.69 Å². The number of carbonyl (C=O) groups is 1. The molecule has 3 nitrogen and oxygen atoms in total. The van der Waals surface area contributed by atoms with E-state index in [1.807, 2.05) is 0 Å². The van der Waals surface area contributed by atoms with Crippen LogP contribution in [-0.2, 0) is 4.79 Å². The molecule has 1 fully saturated rings. The van der Waals surface area contributed by atoms with Gasteiger partial charge in [0.15, 0.2) is 0 Å². The van der Waals surface area contributed by atoms with Crippen molar-refractivity contribution in [1.82, 2.24) is 4.90 Å². The summed E-state index contributed by atoms with van der Waals surface area (Å²) >= 11 is 0. The molecule has 0 bridgehead atoms. The standard InChI is InChI=1S/C9H13F3N2O/c10-9(11,12)7-3-5-14(6-7)4-1-2-8(13)15/h1-2,7H,3-6H2,(H2,13,15)/t7-/m0/s1. The molecular weight excluding hydrogens is 209 g/mol. The van der Waals surface area contributed by atoms with Crippen LogP contribution in [0.3, 0.4) is 0 Å². The number of hydrogen-bond donors (Lipinski definition) is 1. The van der Waals surface area contributed by atoms with E-state index in [1.54, 1.807) is 4.90 Å². The Hall–Kier alpha value is -1.04. The highest BCUT2D eigenvalue weighted by molar-refractivity contribution is 5.85. The smallest absolute Gasteiger partial charge is 0.366 e. The second-order valence-electron chi connectivity index (χ2n) is 3.59. The van der Waals surface area contributed by atoms with Crippen LogP contribution in [0, 0.1) is 5.92 Å². The molecule has 0 aromatic heterocycles. The second kappa shape index (κ2) is 4.65. The summed E-state index contributed by atoms with van der Waals surface area (Å²) in [6.45, 7) is 0.759. The molecule has 1 atom stereocenters. The lowest BCUT2D eigenvalue weighted by Gasteiger charge is -2.15. The molecule has 86 valence electrons.